The summed E-state index contributed by atoms with van der Waals surface area (Å²) in [5.74, 6) is 0.415. The molecular formula is C17H15N4NaO5S. The zero-order chi connectivity index (χ0) is 19.1. The van der Waals surface area contributed by atoms with Crippen LogP contribution in [0.3, 0.4) is 0 Å². The maximum atomic E-state index is 10.7. The number of benzene rings is 2. The Kier molecular flexibility index (Phi) is 8.15. The Morgan fingerprint density at radius 1 is 0.821 bits per heavy atom. The Bertz CT molecular complexity index is 931. The number of nitrogens with one attached hydrogen (secondary N) is 1. The molecule has 0 bridgehead atoms. The molecular weight excluding hydrogens is 395 g/mol. The zero-order valence-corrected chi connectivity index (χ0v) is 17.8. The van der Waals surface area contributed by atoms with Gasteiger partial charge < -0.3 is 19.3 Å². The van der Waals surface area contributed by atoms with Crippen LogP contribution in [-0.4, -0.2) is 40.2 Å². The van der Waals surface area contributed by atoms with E-state index < -0.39 is 15.9 Å². The van der Waals surface area contributed by atoms with E-state index in [0.717, 1.165) is 0 Å². The molecule has 0 saturated carbocycles. The molecule has 0 atom stereocenters. The third-order valence-electron chi connectivity index (χ3n) is 3.13. The van der Waals surface area contributed by atoms with Gasteiger partial charge in [-0.1, -0.05) is 36.4 Å². The molecule has 0 aliphatic heterocycles. The monoisotopic (exact) mass is 410 g/mol. The SMILES string of the molecule is O=S(=O)([O-])CCNc1nc(Oc2ccccc2)nc(Oc2ccccc2)n1.[Na+]. The summed E-state index contributed by atoms with van der Waals surface area (Å²) < 4.78 is 43.4. The summed E-state index contributed by atoms with van der Waals surface area (Å²) in [7, 11) is -4.36. The van der Waals surface area contributed by atoms with E-state index in [4.69, 9.17) is 9.47 Å². The summed E-state index contributed by atoms with van der Waals surface area (Å²) in [6.45, 7) is -0.161. The van der Waals surface area contributed by atoms with Crippen molar-refractivity contribution in [1.29, 1.82) is 0 Å². The van der Waals surface area contributed by atoms with Gasteiger partial charge in [-0.2, -0.15) is 9.97 Å². The predicted octanol–water partition coefficient (Wildman–Crippen LogP) is -0.583. The molecule has 0 aliphatic carbocycles. The molecule has 0 aliphatic rings. The minimum absolute atomic E-state index is 0. The van der Waals surface area contributed by atoms with Gasteiger partial charge in [-0.15, -0.1) is 4.98 Å². The molecule has 1 aromatic heterocycles. The van der Waals surface area contributed by atoms with Gasteiger partial charge in [0, 0.05) is 6.54 Å². The third kappa shape index (κ3) is 7.41. The number of ether oxygens (including phenoxy) is 2. The largest absolute Gasteiger partial charge is 1.00 e. The molecule has 1 N–H and O–H groups in total. The first-order chi connectivity index (χ1) is 13.0. The molecule has 9 nitrogen and oxygen atoms in total. The van der Waals surface area contributed by atoms with Gasteiger partial charge in [-0.05, 0) is 24.3 Å². The van der Waals surface area contributed by atoms with E-state index in [1.54, 1.807) is 48.5 Å². The first-order valence-electron chi connectivity index (χ1n) is 7.87. The second kappa shape index (κ2) is 10.3. The standard InChI is InChI=1S/C17H16N4O5S.Na/c22-27(23,24)12-11-18-15-19-16(25-13-7-3-1-4-8-13)21-17(20-15)26-14-9-5-2-6-10-14;/h1-10H,11-12H2,(H,22,23,24)(H,18,19,20,21);/q;+1/p-1. The van der Waals surface area contributed by atoms with Crippen LogP contribution in [0.4, 0.5) is 5.95 Å². The number of hydrogen-bond acceptors (Lipinski definition) is 9. The normalized spacial score (nSPS) is 10.6. The van der Waals surface area contributed by atoms with E-state index in [0.29, 0.717) is 11.5 Å². The van der Waals surface area contributed by atoms with Gasteiger partial charge in [-0.25, -0.2) is 8.42 Å². The summed E-state index contributed by atoms with van der Waals surface area (Å²) in [6, 6.07) is 17.6. The van der Waals surface area contributed by atoms with Gasteiger partial charge in [0.25, 0.3) is 0 Å². The van der Waals surface area contributed by atoms with E-state index in [1.165, 1.54) is 0 Å². The zero-order valence-electron chi connectivity index (χ0n) is 15.0. The molecule has 2 aromatic carbocycles. The van der Waals surface area contributed by atoms with Crippen molar-refractivity contribution in [3.63, 3.8) is 0 Å². The molecule has 3 aromatic rings. The van der Waals surface area contributed by atoms with Crippen LogP contribution >= 0.6 is 0 Å². The summed E-state index contributed by atoms with van der Waals surface area (Å²) in [4.78, 5) is 12.2. The van der Waals surface area contributed by atoms with Gasteiger partial charge in [0.15, 0.2) is 0 Å². The van der Waals surface area contributed by atoms with Crippen molar-refractivity contribution in [3.8, 4) is 23.5 Å². The van der Waals surface area contributed by atoms with Crippen LogP contribution in [0.1, 0.15) is 0 Å². The number of rotatable bonds is 8. The van der Waals surface area contributed by atoms with Gasteiger partial charge in [0.05, 0.1) is 15.9 Å². The molecule has 0 spiro atoms. The van der Waals surface area contributed by atoms with Crippen molar-refractivity contribution in [2.24, 2.45) is 0 Å². The van der Waals surface area contributed by atoms with E-state index >= 15 is 0 Å². The number of hydrogen-bond donors (Lipinski definition) is 1. The second-order valence-corrected chi connectivity index (χ2v) is 6.77. The molecule has 0 saturated heterocycles. The average molecular weight is 410 g/mol. The number of anilines is 1. The van der Waals surface area contributed by atoms with Crippen molar-refractivity contribution >= 4 is 16.1 Å². The van der Waals surface area contributed by atoms with Crippen LogP contribution in [0, 0.1) is 0 Å². The Hall–Kier alpha value is -2.24. The van der Waals surface area contributed by atoms with E-state index in [2.05, 4.69) is 20.3 Å². The smallest absolute Gasteiger partial charge is 0.748 e. The summed E-state index contributed by atoms with van der Waals surface area (Å²) in [5.41, 5.74) is 0. The molecule has 11 heteroatoms. The molecule has 0 unspecified atom stereocenters. The molecule has 0 fully saturated rings. The molecule has 3 rings (SSSR count). The van der Waals surface area contributed by atoms with Crippen LogP contribution in [-0.2, 0) is 10.1 Å². The van der Waals surface area contributed by atoms with E-state index in [1.807, 2.05) is 12.1 Å². The fraction of sp³-hybridized carbons (Fsp3) is 0.118. The summed E-state index contributed by atoms with van der Waals surface area (Å²) >= 11 is 0. The van der Waals surface area contributed by atoms with Gasteiger partial charge in [0.2, 0.25) is 5.95 Å². The predicted molar refractivity (Wildman–Crippen MR) is 95.9 cm³/mol. The van der Waals surface area contributed by atoms with Crippen LogP contribution < -0.4 is 44.3 Å². The van der Waals surface area contributed by atoms with Gasteiger partial charge in [-0.3, -0.25) is 0 Å². The molecule has 1 heterocycles. The number of aromatic nitrogens is 3. The second-order valence-electron chi connectivity index (χ2n) is 5.24. The summed E-state index contributed by atoms with van der Waals surface area (Å²) in [6.07, 6.45) is 0. The number of para-hydroxylation sites is 2. The minimum Gasteiger partial charge on any atom is -0.748 e. The van der Waals surface area contributed by atoms with Crippen LogP contribution in [0.5, 0.6) is 23.5 Å². The Labute approximate surface area is 184 Å². The van der Waals surface area contributed by atoms with Gasteiger partial charge >= 0.3 is 41.6 Å². The Morgan fingerprint density at radius 2 is 1.29 bits per heavy atom. The van der Waals surface area contributed by atoms with Crippen molar-refractivity contribution in [3.05, 3.63) is 60.7 Å². The van der Waals surface area contributed by atoms with Crippen molar-refractivity contribution in [2.45, 2.75) is 0 Å². The first kappa shape index (κ1) is 22.1. The van der Waals surface area contributed by atoms with E-state index in [9.17, 15) is 13.0 Å². The van der Waals surface area contributed by atoms with Crippen molar-refractivity contribution in [2.75, 3.05) is 17.6 Å². The van der Waals surface area contributed by atoms with Crippen molar-refractivity contribution < 1.29 is 52.0 Å². The van der Waals surface area contributed by atoms with Crippen LogP contribution in [0.15, 0.2) is 60.7 Å². The molecule has 0 radical (unpaired) electrons. The topological polar surface area (TPSA) is 126 Å². The third-order valence-corrected chi connectivity index (χ3v) is 3.84. The van der Waals surface area contributed by atoms with Crippen LogP contribution in [0.25, 0.3) is 0 Å². The Balaban J connectivity index is 0.00000280. The van der Waals surface area contributed by atoms with E-state index in [-0.39, 0.29) is 54.1 Å². The molecule has 28 heavy (non-hydrogen) atoms. The average Bonchev–Trinajstić information content (AvgIpc) is 2.62. The Morgan fingerprint density at radius 3 is 1.71 bits per heavy atom. The quantitative estimate of drug-likeness (QED) is 0.383. The molecule has 140 valence electrons. The summed E-state index contributed by atoms with van der Waals surface area (Å²) in [5, 5.41) is 2.65. The fourth-order valence-corrected chi connectivity index (χ4v) is 2.34. The van der Waals surface area contributed by atoms with Crippen molar-refractivity contribution in [1.82, 2.24) is 15.0 Å². The first-order valence-corrected chi connectivity index (χ1v) is 9.45. The van der Waals surface area contributed by atoms with Gasteiger partial charge in [0.1, 0.15) is 11.5 Å². The number of nitrogens with zero attached hydrogens (tertiary/aromatic N) is 3. The fourth-order valence-electron chi connectivity index (χ4n) is 1.98. The molecule has 0 amide bonds. The minimum atomic E-state index is -4.36. The maximum absolute atomic E-state index is 10.7. The maximum Gasteiger partial charge on any atom is 1.00 e. The van der Waals surface area contributed by atoms with Crippen LogP contribution in [0.2, 0.25) is 0 Å².